The molecule has 0 aliphatic rings. The monoisotopic (exact) mass is 200 g/mol. The van der Waals surface area contributed by atoms with Crippen molar-refractivity contribution < 1.29 is 10.2 Å². The molecule has 1 aromatic heterocycles. The molecule has 1 aromatic rings. The van der Waals surface area contributed by atoms with E-state index in [1.165, 1.54) is 5.56 Å². The molecule has 0 saturated heterocycles. The van der Waals surface area contributed by atoms with Crippen molar-refractivity contribution in [2.45, 2.75) is 38.4 Å². The van der Waals surface area contributed by atoms with E-state index in [1.54, 1.807) is 18.3 Å². The van der Waals surface area contributed by atoms with Crippen LogP contribution in [-0.4, -0.2) is 22.4 Å². The second-order valence-electron chi connectivity index (χ2n) is 3.50. The maximum atomic E-state index is 9.45. The molecule has 74 valence electrons. The van der Waals surface area contributed by atoms with E-state index in [0.717, 1.165) is 0 Å². The summed E-state index contributed by atoms with van der Waals surface area (Å²) in [6.45, 7) is 3.68. The highest BCUT2D eigenvalue weighted by Crippen LogP contribution is 2.23. The summed E-state index contributed by atoms with van der Waals surface area (Å²) in [6.07, 6.45) is -0.634. The first kappa shape index (κ1) is 10.7. The lowest BCUT2D eigenvalue weighted by Crippen LogP contribution is -2.24. The molecule has 13 heavy (non-hydrogen) atoms. The van der Waals surface area contributed by atoms with E-state index < -0.39 is 12.2 Å². The molecule has 3 unspecified atom stereocenters. The van der Waals surface area contributed by atoms with E-state index in [4.69, 9.17) is 5.11 Å². The highest BCUT2D eigenvalue weighted by atomic mass is 32.1. The second kappa shape index (κ2) is 4.74. The Morgan fingerprint density at radius 3 is 2.54 bits per heavy atom. The Kier molecular flexibility index (Phi) is 3.90. The first-order valence-corrected chi connectivity index (χ1v) is 5.43. The molecular weight excluding hydrogens is 184 g/mol. The predicted octanol–water partition coefficient (Wildman–Crippen LogP) is 1.98. The van der Waals surface area contributed by atoms with Crippen LogP contribution in [0.25, 0.3) is 0 Å². The number of hydrogen-bond acceptors (Lipinski definition) is 3. The van der Waals surface area contributed by atoms with Crippen molar-refractivity contribution in [1.82, 2.24) is 0 Å². The van der Waals surface area contributed by atoms with Gasteiger partial charge in [-0.1, -0.05) is 6.92 Å². The predicted molar refractivity (Wildman–Crippen MR) is 55.0 cm³/mol. The standard InChI is InChI=1S/C10H16O2S/c1-7(5-10(12)8(2)11)9-3-4-13-6-9/h3-4,6-8,10-12H,5H2,1-2H3. The normalized spacial score (nSPS) is 18.2. The Morgan fingerprint density at radius 1 is 1.38 bits per heavy atom. The van der Waals surface area contributed by atoms with E-state index in [1.807, 2.05) is 5.38 Å². The number of hydrogen-bond donors (Lipinski definition) is 2. The third kappa shape index (κ3) is 3.10. The molecule has 0 aliphatic carbocycles. The second-order valence-corrected chi connectivity index (χ2v) is 4.28. The van der Waals surface area contributed by atoms with Crippen molar-refractivity contribution in [3.8, 4) is 0 Å². The van der Waals surface area contributed by atoms with Crippen molar-refractivity contribution in [2.24, 2.45) is 0 Å². The van der Waals surface area contributed by atoms with Crippen molar-refractivity contribution in [3.05, 3.63) is 22.4 Å². The molecule has 1 heterocycles. The molecule has 2 N–H and O–H groups in total. The van der Waals surface area contributed by atoms with Gasteiger partial charge in [-0.3, -0.25) is 0 Å². The third-order valence-electron chi connectivity index (χ3n) is 2.26. The molecule has 2 nitrogen and oxygen atoms in total. The summed E-state index contributed by atoms with van der Waals surface area (Å²) >= 11 is 1.66. The summed E-state index contributed by atoms with van der Waals surface area (Å²) in [5.41, 5.74) is 1.24. The minimum Gasteiger partial charge on any atom is -0.391 e. The van der Waals surface area contributed by atoms with E-state index >= 15 is 0 Å². The van der Waals surface area contributed by atoms with E-state index in [-0.39, 0.29) is 0 Å². The highest BCUT2D eigenvalue weighted by Gasteiger charge is 2.16. The van der Waals surface area contributed by atoms with Crippen molar-refractivity contribution in [1.29, 1.82) is 0 Å². The summed E-state index contributed by atoms with van der Waals surface area (Å²) in [5.74, 6) is 0.316. The van der Waals surface area contributed by atoms with Crippen LogP contribution in [0.2, 0.25) is 0 Å². The molecule has 0 bridgehead atoms. The van der Waals surface area contributed by atoms with Gasteiger partial charge in [0.1, 0.15) is 0 Å². The molecule has 0 fully saturated rings. The van der Waals surface area contributed by atoms with Gasteiger partial charge in [0.2, 0.25) is 0 Å². The Bertz CT molecular complexity index is 231. The average Bonchev–Trinajstić information content (AvgIpc) is 2.55. The highest BCUT2D eigenvalue weighted by molar-refractivity contribution is 7.07. The summed E-state index contributed by atoms with van der Waals surface area (Å²) in [4.78, 5) is 0. The minimum atomic E-state index is -0.638. The molecule has 0 spiro atoms. The number of aliphatic hydroxyl groups excluding tert-OH is 2. The molecule has 0 amide bonds. The van der Waals surface area contributed by atoms with Crippen LogP contribution in [0.3, 0.4) is 0 Å². The Morgan fingerprint density at radius 2 is 2.08 bits per heavy atom. The van der Waals surface area contributed by atoms with Gasteiger partial charge >= 0.3 is 0 Å². The number of rotatable bonds is 4. The zero-order valence-corrected chi connectivity index (χ0v) is 8.79. The van der Waals surface area contributed by atoms with Gasteiger partial charge < -0.3 is 10.2 Å². The number of aliphatic hydroxyl groups is 2. The first-order chi connectivity index (χ1) is 6.11. The largest absolute Gasteiger partial charge is 0.391 e. The van der Waals surface area contributed by atoms with Gasteiger partial charge in [-0.25, -0.2) is 0 Å². The first-order valence-electron chi connectivity index (χ1n) is 4.49. The Labute approximate surface area is 82.8 Å². The fourth-order valence-corrected chi connectivity index (χ4v) is 2.03. The van der Waals surface area contributed by atoms with Crippen LogP contribution in [0.4, 0.5) is 0 Å². The quantitative estimate of drug-likeness (QED) is 0.780. The van der Waals surface area contributed by atoms with Crippen molar-refractivity contribution in [2.75, 3.05) is 0 Å². The molecular formula is C10H16O2S. The van der Waals surface area contributed by atoms with Crippen LogP contribution in [0.1, 0.15) is 31.7 Å². The van der Waals surface area contributed by atoms with Gasteiger partial charge in [0.15, 0.2) is 0 Å². The van der Waals surface area contributed by atoms with Gasteiger partial charge in [-0.05, 0) is 41.7 Å². The molecule has 0 saturated carbocycles. The molecule has 0 aliphatic heterocycles. The molecule has 3 heteroatoms. The Hall–Kier alpha value is -0.380. The van der Waals surface area contributed by atoms with E-state index in [9.17, 15) is 5.11 Å². The lowest BCUT2D eigenvalue weighted by atomic mass is 9.96. The molecule has 0 aromatic carbocycles. The summed E-state index contributed by atoms with van der Waals surface area (Å²) in [5, 5.41) is 22.7. The van der Waals surface area contributed by atoms with Gasteiger partial charge in [-0.2, -0.15) is 11.3 Å². The summed E-state index contributed by atoms with van der Waals surface area (Å²) in [6, 6.07) is 2.06. The maximum absolute atomic E-state index is 9.45. The van der Waals surface area contributed by atoms with Gasteiger partial charge in [0.25, 0.3) is 0 Å². The zero-order chi connectivity index (χ0) is 9.84. The van der Waals surface area contributed by atoms with Crippen LogP contribution in [0, 0.1) is 0 Å². The van der Waals surface area contributed by atoms with Crippen molar-refractivity contribution in [3.63, 3.8) is 0 Å². The lowest BCUT2D eigenvalue weighted by Gasteiger charge is -2.17. The SMILES string of the molecule is CC(CC(O)C(C)O)c1ccsc1. The van der Waals surface area contributed by atoms with E-state index in [2.05, 4.69) is 18.4 Å². The maximum Gasteiger partial charge on any atom is 0.0802 e. The van der Waals surface area contributed by atoms with Crippen LogP contribution < -0.4 is 0 Å². The Balaban J connectivity index is 2.46. The lowest BCUT2D eigenvalue weighted by molar-refractivity contribution is 0.0227. The van der Waals surface area contributed by atoms with Gasteiger partial charge in [0, 0.05) is 0 Å². The van der Waals surface area contributed by atoms with Crippen LogP contribution in [-0.2, 0) is 0 Å². The minimum absolute atomic E-state index is 0.316. The van der Waals surface area contributed by atoms with Crippen LogP contribution >= 0.6 is 11.3 Å². The summed E-state index contributed by atoms with van der Waals surface area (Å²) < 4.78 is 0. The smallest absolute Gasteiger partial charge is 0.0802 e. The zero-order valence-electron chi connectivity index (χ0n) is 7.97. The molecule has 1 rings (SSSR count). The van der Waals surface area contributed by atoms with Crippen LogP contribution in [0.5, 0.6) is 0 Å². The van der Waals surface area contributed by atoms with Gasteiger partial charge in [0.05, 0.1) is 12.2 Å². The van der Waals surface area contributed by atoms with Crippen molar-refractivity contribution >= 4 is 11.3 Å². The fraction of sp³-hybridized carbons (Fsp3) is 0.600. The fourth-order valence-electron chi connectivity index (χ4n) is 1.25. The van der Waals surface area contributed by atoms with Gasteiger partial charge in [-0.15, -0.1) is 0 Å². The average molecular weight is 200 g/mol. The molecule has 0 radical (unpaired) electrons. The summed E-state index contributed by atoms with van der Waals surface area (Å²) in [7, 11) is 0. The number of thiophene rings is 1. The van der Waals surface area contributed by atoms with E-state index in [0.29, 0.717) is 12.3 Å². The third-order valence-corrected chi connectivity index (χ3v) is 2.97. The topological polar surface area (TPSA) is 40.5 Å². The van der Waals surface area contributed by atoms with Crippen LogP contribution in [0.15, 0.2) is 16.8 Å². The molecule has 3 atom stereocenters.